The van der Waals surface area contributed by atoms with Crippen molar-refractivity contribution < 1.29 is 23.1 Å². The molecule has 268 valence electrons. The maximum absolute atomic E-state index is 14.0. The first kappa shape index (κ1) is 39.7. The predicted octanol–water partition coefficient (Wildman–Crippen LogP) is 4.53. The van der Waals surface area contributed by atoms with E-state index in [9.17, 15) is 23.1 Å². The van der Waals surface area contributed by atoms with Gasteiger partial charge in [0.1, 0.15) is 0 Å². The Balaban J connectivity index is 1.91. The van der Waals surface area contributed by atoms with Crippen molar-refractivity contribution in [1.29, 1.82) is 0 Å². The molecule has 0 heterocycles. The molecular formula is C38H55N5O5S. The largest absolute Gasteiger partial charge is 0.391 e. The van der Waals surface area contributed by atoms with E-state index in [1.54, 1.807) is 0 Å². The molecule has 0 aliphatic carbocycles. The predicted molar refractivity (Wildman–Crippen MR) is 198 cm³/mol. The van der Waals surface area contributed by atoms with Gasteiger partial charge in [0.05, 0.1) is 24.1 Å². The summed E-state index contributed by atoms with van der Waals surface area (Å²) < 4.78 is 26.1. The van der Waals surface area contributed by atoms with E-state index < -0.39 is 27.9 Å². The number of hydrogen-bond donors (Lipinski definition) is 5. The lowest BCUT2D eigenvalue weighted by Gasteiger charge is -2.29. The highest BCUT2D eigenvalue weighted by Crippen LogP contribution is 2.22. The van der Waals surface area contributed by atoms with Crippen molar-refractivity contribution in [2.75, 3.05) is 37.2 Å². The van der Waals surface area contributed by atoms with Crippen LogP contribution in [0.15, 0.2) is 78.9 Å². The van der Waals surface area contributed by atoms with E-state index in [-0.39, 0.29) is 34.9 Å². The van der Waals surface area contributed by atoms with Crippen LogP contribution in [-0.2, 0) is 16.4 Å². The van der Waals surface area contributed by atoms with E-state index in [0.29, 0.717) is 37.8 Å². The molecule has 10 nitrogen and oxygen atoms in total. The van der Waals surface area contributed by atoms with Crippen LogP contribution in [0.3, 0.4) is 0 Å². The van der Waals surface area contributed by atoms with Crippen molar-refractivity contribution in [3.05, 3.63) is 101 Å². The Bertz CT molecular complexity index is 1580. The van der Waals surface area contributed by atoms with Crippen molar-refractivity contribution in [1.82, 2.24) is 21.3 Å². The zero-order valence-corrected chi connectivity index (χ0v) is 30.8. The van der Waals surface area contributed by atoms with Crippen LogP contribution in [0.5, 0.6) is 0 Å². The Kier molecular flexibility index (Phi) is 15.3. The lowest BCUT2D eigenvalue weighted by atomic mass is 9.98. The highest BCUT2D eigenvalue weighted by atomic mass is 32.2. The summed E-state index contributed by atoms with van der Waals surface area (Å²) in [7, 11) is -2.30. The monoisotopic (exact) mass is 693 g/mol. The third kappa shape index (κ3) is 13.2. The summed E-state index contributed by atoms with van der Waals surface area (Å²) in [6.45, 7) is 12.0. The van der Waals surface area contributed by atoms with Gasteiger partial charge in [-0.1, -0.05) is 88.4 Å². The number of carbonyl (C=O) groups is 2. The number of carbonyl (C=O) groups excluding carboxylic acids is 2. The molecule has 3 rings (SSSR count). The van der Waals surface area contributed by atoms with Gasteiger partial charge in [0.25, 0.3) is 11.8 Å². The van der Waals surface area contributed by atoms with Crippen LogP contribution in [0.4, 0.5) is 5.69 Å². The smallest absolute Gasteiger partial charge is 0.251 e. The maximum atomic E-state index is 14.0. The second-order valence-electron chi connectivity index (χ2n) is 13.7. The van der Waals surface area contributed by atoms with E-state index in [1.807, 2.05) is 67.6 Å². The first-order valence-corrected chi connectivity index (χ1v) is 18.9. The first-order chi connectivity index (χ1) is 23.1. The average molecular weight is 694 g/mol. The molecule has 11 heteroatoms. The van der Waals surface area contributed by atoms with Gasteiger partial charge in [0.15, 0.2) is 0 Å². The zero-order chi connectivity index (χ0) is 36.1. The number of nitrogens with zero attached hydrogens (tertiary/aromatic N) is 1. The minimum absolute atomic E-state index is 0.151. The van der Waals surface area contributed by atoms with Crippen LogP contribution < -0.4 is 25.6 Å². The van der Waals surface area contributed by atoms with Gasteiger partial charge in [-0.25, -0.2) is 8.42 Å². The molecule has 49 heavy (non-hydrogen) atoms. The number of benzene rings is 3. The number of sulfonamides is 1. The number of amides is 2. The molecule has 0 saturated heterocycles. The molecule has 3 aromatic carbocycles. The van der Waals surface area contributed by atoms with Crippen LogP contribution in [-0.4, -0.2) is 76.5 Å². The van der Waals surface area contributed by atoms with E-state index in [0.717, 1.165) is 28.2 Å². The quantitative estimate of drug-likeness (QED) is 0.124. The van der Waals surface area contributed by atoms with Gasteiger partial charge in [0.2, 0.25) is 10.0 Å². The van der Waals surface area contributed by atoms with E-state index in [4.69, 9.17) is 0 Å². The van der Waals surface area contributed by atoms with Crippen molar-refractivity contribution in [2.24, 2.45) is 11.8 Å². The molecule has 0 fully saturated rings. The van der Waals surface area contributed by atoms with Gasteiger partial charge < -0.3 is 26.4 Å². The topological polar surface area (TPSA) is 140 Å². The maximum Gasteiger partial charge on any atom is 0.251 e. The van der Waals surface area contributed by atoms with Gasteiger partial charge in [-0.2, -0.15) is 0 Å². The fraction of sp³-hybridized carbons (Fsp3) is 0.474. The summed E-state index contributed by atoms with van der Waals surface area (Å²) in [5.41, 5.74) is 2.43. The average Bonchev–Trinajstić information content (AvgIpc) is 3.05. The molecule has 1 unspecified atom stereocenters. The van der Waals surface area contributed by atoms with Gasteiger partial charge in [-0.15, -0.1) is 0 Å². The first-order valence-electron chi connectivity index (χ1n) is 17.1. The Morgan fingerprint density at radius 1 is 0.776 bits per heavy atom. The second-order valence-corrected chi connectivity index (χ2v) is 15.7. The van der Waals surface area contributed by atoms with E-state index in [1.165, 1.54) is 25.2 Å². The van der Waals surface area contributed by atoms with Crippen molar-refractivity contribution in [3.63, 3.8) is 0 Å². The van der Waals surface area contributed by atoms with Crippen molar-refractivity contribution in [2.45, 2.75) is 71.7 Å². The number of nitrogens with one attached hydrogen (secondary N) is 4. The minimum atomic E-state index is -3.69. The van der Waals surface area contributed by atoms with Crippen LogP contribution in [0.2, 0.25) is 0 Å². The van der Waals surface area contributed by atoms with Gasteiger partial charge in [-0.3, -0.25) is 13.9 Å². The third-order valence-corrected chi connectivity index (χ3v) is 9.54. The van der Waals surface area contributed by atoms with Gasteiger partial charge >= 0.3 is 0 Å². The molecule has 0 saturated carbocycles. The van der Waals surface area contributed by atoms with Crippen molar-refractivity contribution >= 4 is 27.5 Å². The molecule has 0 bridgehead atoms. The fourth-order valence-electron chi connectivity index (χ4n) is 5.51. The summed E-state index contributed by atoms with van der Waals surface area (Å²) in [4.78, 5) is 27.4. The summed E-state index contributed by atoms with van der Waals surface area (Å²) in [5.74, 6) is -0.121. The zero-order valence-electron chi connectivity index (χ0n) is 29.9. The van der Waals surface area contributed by atoms with Crippen LogP contribution in [0.1, 0.15) is 78.9 Å². The molecule has 3 aromatic rings. The molecule has 0 aromatic heterocycles. The molecular weight excluding hydrogens is 639 g/mol. The Morgan fingerprint density at radius 2 is 1.35 bits per heavy atom. The number of aliphatic hydroxyl groups is 1. The molecule has 5 N–H and O–H groups in total. The molecule has 0 aliphatic heterocycles. The Morgan fingerprint density at radius 3 is 1.90 bits per heavy atom. The van der Waals surface area contributed by atoms with E-state index in [2.05, 4.69) is 49.0 Å². The number of rotatable bonds is 19. The lowest BCUT2D eigenvalue weighted by molar-refractivity contribution is 0.0918. The SMILES string of the molecule is CC(C)CNC[C@@H](NC[C@H](Cc1ccccc1)NC(=O)c1cc(C(=O)N[C@H](C)c2ccccc2)cc(N(C)S(C)(=O)=O)c1)C(O)CC(C)C. The second kappa shape index (κ2) is 18.8. The molecule has 0 spiro atoms. The van der Waals surface area contributed by atoms with Crippen molar-refractivity contribution in [3.8, 4) is 0 Å². The molecule has 0 aliphatic rings. The summed E-state index contributed by atoms with van der Waals surface area (Å²) in [5, 5.41) is 24.1. The Hall–Kier alpha value is -3.77. The molecule has 4 atom stereocenters. The van der Waals surface area contributed by atoms with Crippen LogP contribution in [0.25, 0.3) is 0 Å². The van der Waals surface area contributed by atoms with Crippen LogP contribution in [0, 0.1) is 11.8 Å². The Labute approximate surface area is 293 Å². The van der Waals surface area contributed by atoms with Crippen LogP contribution >= 0.6 is 0 Å². The highest BCUT2D eigenvalue weighted by molar-refractivity contribution is 7.92. The summed E-state index contributed by atoms with van der Waals surface area (Å²) >= 11 is 0. The molecule has 2 amide bonds. The molecule has 0 radical (unpaired) electrons. The number of hydrogen-bond acceptors (Lipinski definition) is 7. The number of aliphatic hydroxyl groups excluding tert-OH is 1. The lowest BCUT2D eigenvalue weighted by Crippen LogP contribution is -2.53. The summed E-state index contributed by atoms with van der Waals surface area (Å²) in [6.07, 6.45) is 1.62. The number of anilines is 1. The minimum Gasteiger partial charge on any atom is -0.391 e. The fourth-order valence-corrected chi connectivity index (χ4v) is 5.99. The normalized spacial score (nSPS) is 14.2. The van der Waals surface area contributed by atoms with E-state index >= 15 is 0 Å². The standard InChI is InChI=1S/C38H55N5O5S/c1-26(2)18-36(44)35(25-39-23-27(3)4)40-24-33(19-29-14-10-8-11-15-29)42-38(46)32-20-31(21-34(22-32)43(6)49(7,47)48)37(45)41-28(5)30-16-12-9-13-17-30/h8-17,20-22,26-28,33,35-36,39-40,44H,18-19,23-25H2,1-7H3,(H,41,45)(H,42,46)/t28-,33+,35-,36?/m1/s1. The highest BCUT2D eigenvalue weighted by Gasteiger charge is 2.24. The third-order valence-electron chi connectivity index (χ3n) is 8.33. The summed E-state index contributed by atoms with van der Waals surface area (Å²) in [6, 6.07) is 22.8. The van der Waals surface area contributed by atoms with Gasteiger partial charge in [-0.05, 0) is 67.5 Å². The van der Waals surface area contributed by atoms with Gasteiger partial charge in [0, 0.05) is 43.3 Å².